The molecule has 2 aliphatic heterocycles. The predicted octanol–water partition coefficient (Wildman–Crippen LogP) is 4.02. The van der Waals surface area contributed by atoms with Crippen molar-refractivity contribution in [2.75, 3.05) is 31.2 Å². The number of rotatable bonds is 5. The Labute approximate surface area is 187 Å². The summed E-state index contributed by atoms with van der Waals surface area (Å²) in [5, 5.41) is 0.910. The zero-order valence-electron chi connectivity index (χ0n) is 17.4. The minimum absolute atomic E-state index is 0.0449. The van der Waals surface area contributed by atoms with Crippen LogP contribution in [0.4, 0.5) is 14.6 Å². The third-order valence-corrected chi connectivity index (χ3v) is 5.29. The van der Waals surface area contributed by atoms with Crippen molar-refractivity contribution >= 4 is 34.7 Å². The fourth-order valence-electron chi connectivity index (χ4n) is 3.77. The number of ether oxygens (including phenoxy) is 3. The van der Waals surface area contributed by atoms with Crippen LogP contribution in [0.3, 0.4) is 0 Å². The van der Waals surface area contributed by atoms with E-state index in [1.165, 1.54) is 12.1 Å². The molecule has 0 N–H and O–H groups in total. The van der Waals surface area contributed by atoms with Gasteiger partial charge in [-0.1, -0.05) is 30.3 Å². The van der Waals surface area contributed by atoms with Crippen LogP contribution in [0, 0.1) is 0 Å². The molecule has 0 aliphatic carbocycles. The number of carbonyl (C=O) groups excluding carboxylic acids is 1. The van der Waals surface area contributed by atoms with Gasteiger partial charge >= 0.3 is 12.6 Å². The number of hydrogen-bond acceptors (Lipinski definition) is 7. The maximum absolute atomic E-state index is 12.8. The van der Waals surface area contributed by atoms with E-state index in [2.05, 4.69) is 14.6 Å². The second kappa shape index (κ2) is 8.95. The summed E-state index contributed by atoms with van der Waals surface area (Å²) in [6.07, 6.45) is 1.61. The lowest BCUT2D eigenvalue weighted by Crippen LogP contribution is -2.37. The van der Waals surface area contributed by atoms with Gasteiger partial charge in [-0.05, 0) is 30.3 Å². The monoisotopic (exact) mass is 451 g/mol. The number of pyridine rings is 1. The fraction of sp³-hybridized carbons (Fsp3) is 0.208. The molecule has 2 aromatic carbocycles. The third-order valence-electron chi connectivity index (χ3n) is 5.29. The van der Waals surface area contributed by atoms with Gasteiger partial charge in [0.1, 0.15) is 11.6 Å². The number of aromatic nitrogens is 1. The van der Waals surface area contributed by atoms with Gasteiger partial charge < -0.3 is 19.1 Å². The maximum Gasteiger partial charge on any atom is 0.387 e. The SMILES string of the molecule is O=C1OC(c2ccccc2OC(F)F)=N/C1=C\c1cc2ccccc2nc1N1CCOCC1. The van der Waals surface area contributed by atoms with E-state index in [0.717, 1.165) is 10.9 Å². The standard InChI is InChI=1S/C24H19F2N3O4/c25-24(26)32-20-8-4-2-6-17(20)22-28-19(23(30)33-22)14-16-13-15-5-1-3-7-18(15)27-21(16)29-9-11-31-12-10-29/h1-8,13-14,24H,9-12H2/b19-14-. The van der Waals surface area contributed by atoms with Crippen molar-refractivity contribution < 1.29 is 27.8 Å². The van der Waals surface area contributed by atoms with Gasteiger partial charge in [-0.3, -0.25) is 0 Å². The average molecular weight is 451 g/mol. The Kier molecular flexibility index (Phi) is 5.70. The second-order valence-corrected chi connectivity index (χ2v) is 7.40. The van der Waals surface area contributed by atoms with Crippen LogP contribution in [0.1, 0.15) is 11.1 Å². The van der Waals surface area contributed by atoms with Gasteiger partial charge in [0.25, 0.3) is 0 Å². The first-order valence-electron chi connectivity index (χ1n) is 10.4. The van der Waals surface area contributed by atoms with Crippen LogP contribution in [-0.2, 0) is 14.3 Å². The molecule has 1 saturated heterocycles. The summed E-state index contributed by atoms with van der Waals surface area (Å²) in [6, 6.07) is 15.7. The zero-order valence-corrected chi connectivity index (χ0v) is 17.4. The number of halogens is 2. The van der Waals surface area contributed by atoms with E-state index in [-0.39, 0.29) is 22.9 Å². The smallest absolute Gasteiger partial charge is 0.387 e. The summed E-state index contributed by atoms with van der Waals surface area (Å²) >= 11 is 0. The van der Waals surface area contributed by atoms with Crippen LogP contribution in [0.2, 0.25) is 0 Å². The molecule has 0 spiro atoms. The number of nitrogens with zero attached hydrogens (tertiary/aromatic N) is 3. The van der Waals surface area contributed by atoms with E-state index in [0.29, 0.717) is 37.7 Å². The molecule has 0 saturated carbocycles. The first kappa shape index (κ1) is 21.0. The fourth-order valence-corrected chi connectivity index (χ4v) is 3.77. The molecule has 5 rings (SSSR count). The number of hydrogen-bond donors (Lipinski definition) is 0. The van der Waals surface area contributed by atoms with Crippen LogP contribution in [0.15, 0.2) is 65.3 Å². The van der Waals surface area contributed by atoms with Gasteiger partial charge in [0.15, 0.2) is 5.70 Å². The van der Waals surface area contributed by atoms with Crippen molar-refractivity contribution in [2.24, 2.45) is 4.99 Å². The molecule has 1 fully saturated rings. The average Bonchev–Trinajstić information content (AvgIpc) is 3.19. The molecule has 168 valence electrons. The molecule has 0 atom stereocenters. The molecule has 9 heteroatoms. The molecular weight excluding hydrogens is 432 g/mol. The van der Waals surface area contributed by atoms with Crippen molar-refractivity contribution in [1.29, 1.82) is 0 Å². The Morgan fingerprint density at radius 2 is 1.82 bits per heavy atom. The van der Waals surface area contributed by atoms with Crippen molar-refractivity contribution in [3.05, 3.63) is 71.4 Å². The van der Waals surface area contributed by atoms with E-state index in [9.17, 15) is 13.6 Å². The molecule has 2 aliphatic rings. The predicted molar refractivity (Wildman–Crippen MR) is 118 cm³/mol. The molecular formula is C24H19F2N3O4. The van der Waals surface area contributed by atoms with Crippen molar-refractivity contribution in [3.8, 4) is 5.75 Å². The summed E-state index contributed by atoms with van der Waals surface area (Å²) < 4.78 is 40.8. The largest absolute Gasteiger partial charge is 0.434 e. The molecule has 1 aromatic heterocycles. The number of morpholine rings is 1. The summed E-state index contributed by atoms with van der Waals surface area (Å²) in [4.78, 5) is 23.8. The Bertz CT molecular complexity index is 1270. The highest BCUT2D eigenvalue weighted by atomic mass is 19.3. The van der Waals surface area contributed by atoms with E-state index in [4.69, 9.17) is 14.5 Å². The van der Waals surface area contributed by atoms with Crippen molar-refractivity contribution in [3.63, 3.8) is 0 Å². The number of anilines is 1. The first-order valence-corrected chi connectivity index (χ1v) is 10.4. The van der Waals surface area contributed by atoms with E-state index < -0.39 is 12.6 Å². The van der Waals surface area contributed by atoms with Gasteiger partial charge in [0.2, 0.25) is 5.90 Å². The molecule has 0 amide bonds. The van der Waals surface area contributed by atoms with Crippen LogP contribution >= 0.6 is 0 Å². The summed E-state index contributed by atoms with van der Waals surface area (Å²) in [7, 11) is 0. The Morgan fingerprint density at radius 3 is 2.64 bits per heavy atom. The maximum atomic E-state index is 12.8. The number of esters is 1. The van der Waals surface area contributed by atoms with Gasteiger partial charge in [-0.15, -0.1) is 0 Å². The molecule has 0 bridgehead atoms. The molecule has 3 aromatic rings. The molecule has 3 heterocycles. The van der Waals surface area contributed by atoms with Crippen LogP contribution in [-0.4, -0.2) is 49.8 Å². The number of fused-ring (bicyclic) bond motifs is 1. The number of benzene rings is 2. The summed E-state index contributed by atoms with van der Waals surface area (Å²) in [5.74, 6) is -0.189. The number of cyclic esters (lactones) is 1. The highest BCUT2D eigenvalue weighted by Gasteiger charge is 2.28. The molecule has 33 heavy (non-hydrogen) atoms. The number of alkyl halides is 2. The number of aliphatic imine (C=N–C) groups is 1. The summed E-state index contributed by atoms with van der Waals surface area (Å²) in [6.45, 7) is -0.526. The quantitative estimate of drug-likeness (QED) is 0.431. The highest BCUT2D eigenvalue weighted by molar-refractivity contribution is 6.14. The zero-order chi connectivity index (χ0) is 22.8. The lowest BCUT2D eigenvalue weighted by Gasteiger charge is -2.29. The van der Waals surface area contributed by atoms with Crippen molar-refractivity contribution in [1.82, 2.24) is 4.98 Å². The van der Waals surface area contributed by atoms with Crippen molar-refractivity contribution in [2.45, 2.75) is 6.61 Å². The van der Waals surface area contributed by atoms with Gasteiger partial charge in [-0.2, -0.15) is 8.78 Å². The second-order valence-electron chi connectivity index (χ2n) is 7.40. The van der Waals surface area contributed by atoms with E-state index in [1.807, 2.05) is 30.3 Å². The highest BCUT2D eigenvalue weighted by Crippen LogP contribution is 2.30. The van der Waals surface area contributed by atoms with Gasteiger partial charge in [-0.25, -0.2) is 14.8 Å². The Morgan fingerprint density at radius 1 is 1.06 bits per heavy atom. The van der Waals surface area contributed by atoms with Crippen LogP contribution in [0.25, 0.3) is 17.0 Å². The van der Waals surface area contributed by atoms with Gasteiger partial charge in [0.05, 0.1) is 24.3 Å². The molecule has 0 radical (unpaired) electrons. The Balaban J connectivity index is 1.57. The van der Waals surface area contributed by atoms with E-state index in [1.54, 1.807) is 18.2 Å². The normalized spacial score (nSPS) is 17.5. The minimum Gasteiger partial charge on any atom is -0.434 e. The van der Waals surface area contributed by atoms with E-state index >= 15 is 0 Å². The topological polar surface area (TPSA) is 73.2 Å². The third kappa shape index (κ3) is 4.40. The molecule has 0 unspecified atom stereocenters. The number of carbonyl (C=O) groups is 1. The van der Waals surface area contributed by atoms with Crippen LogP contribution < -0.4 is 9.64 Å². The molecule has 7 nitrogen and oxygen atoms in total. The summed E-state index contributed by atoms with van der Waals surface area (Å²) in [5.41, 5.74) is 1.74. The first-order chi connectivity index (χ1) is 16.1. The Hall–Kier alpha value is -3.85. The van der Waals surface area contributed by atoms with Crippen LogP contribution in [0.5, 0.6) is 5.75 Å². The number of para-hydroxylation sites is 2. The lowest BCUT2D eigenvalue weighted by molar-refractivity contribution is -0.129. The van der Waals surface area contributed by atoms with Gasteiger partial charge in [0, 0.05) is 24.0 Å². The minimum atomic E-state index is -3.02. The lowest BCUT2D eigenvalue weighted by atomic mass is 10.1.